The Bertz CT molecular complexity index is 146. The summed E-state index contributed by atoms with van der Waals surface area (Å²) >= 11 is 0. The first-order valence-electron chi connectivity index (χ1n) is 3.53. The Hall–Kier alpha value is -0.360. The van der Waals surface area contributed by atoms with E-state index in [9.17, 15) is 17.6 Å². The van der Waals surface area contributed by atoms with Crippen LogP contribution < -0.4 is 5.32 Å². The highest BCUT2D eigenvalue weighted by molar-refractivity contribution is 4.84. The lowest BCUT2D eigenvalue weighted by molar-refractivity contribution is -0.211. The minimum absolute atomic E-state index is 0.0486. The average Bonchev–Trinajstić information content (AvgIpc) is 2.06. The predicted molar refractivity (Wildman–Crippen MR) is 33.6 cm³/mol. The molecule has 1 heterocycles. The maximum atomic E-state index is 12.5. The van der Waals surface area contributed by atoms with E-state index >= 15 is 0 Å². The lowest BCUT2D eigenvalue weighted by Crippen LogP contribution is -2.52. The van der Waals surface area contributed by atoms with Crippen molar-refractivity contribution in [2.24, 2.45) is 0 Å². The van der Waals surface area contributed by atoms with Crippen LogP contribution in [0.2, 0.25) is 0 Å². The Morgan fingerprint density at radius 3 is 2.50 bits per heavy atom. The van der Waals surface area contributed by atoms with E-state index in [2.05, 4.69) is 10.1 Å². The number of hydrogen-bond acceptors (Lipinski definition) is 2. The minimum atomic E-state index is -4.05. The number of ether oxygens (including phenoxy) is 1. The van der Waals surface area contributed by atoms with Gasteiger partial charge in [-0.25, -0.2) is 8.78 Å². The van der Waals surface area contributed by atoms with Crippen LogP contribution in [0.5, 0.6) is 0 Å². The molecule has 0 spiro atoms. The molecule has 1 unspecified atom stereocenters. The van der Waals surface area contributed by atoms with Gasteiger partial charge < -0.3 is 10.1 Å². The predicted octanol–water partition coefficient (Wildman–Crippen LogP) is 0.875. The van der Waals surface area contributed by atoms with Crippen molar-refractivity contribution >= 4 is 0 Å². The van der Waals surface area contributed by atoms with Crippen molar-refractivity contribution in [2.45, 2.75) is 18.5 Å². The zero-order valence-electron chi connectivity index (χ0n) is 6.20. The molecule has 12 heavy (non-hydrogen) atoms. The zero-order valence-corrected chi connectivity index (χ0v) is 6.20. The fraction of sp³-hybridized carbons (Fsp3) is 1.00. The highest BCUT2D eigenvalue weighted by atomic mass is 19.3. The summed E-state index contributed by atoms with van der Waals surface area (Å²) in [5, 5.41) is 2.56. The van der Waals surface area contributed by atoms with Gasteiger partial charge in [-0.3, -0.25) is 0 Å². The fourth-order valence-electron chi connectivity index (χ4n) is 0.953. The quantitative estimate of drug-likeness (QED) is 0.648. The Morgan fingerprint density at radius 2 is 2.08 bits per heavy atom. The first-order valence-corrected chi connectivity index (χ1v) is 3.53. The van der Waals surface area contributed by atoms with Gasteiger partial charge in [0.05, 0.1) is 6.61 Å². The second-order valence-electron chi connectivity index (χ2n) is 2.54. The first-order chi connectivity index (χ1) is 5.55. The molecule has 0 aromatic heterocycles. The van der Waals surface area contributed by atoms with Crippen molar-refractivity contribution in [1.29, 1.82) is 0 Å². The van der Waals surface area contributed by atoms with Gasteiger partial charge in [-0.2, -0.15) is 8.78 Å². The van der Waals surface area contributed by atoms with Gasteiger partial charge in [-0.05, 0) is 0 Å². The highest BCUT2D eigenvalue weighted by Crippen LogP contribution is 2.29. The second kappa shape index (κ2) is 3.57. The van der Waals surface area contributed by atoms with Crippen LogP contribution in [0.25, 0.3) is 0 Å². The van der Waals surface area contributed by atoms with Crippen molar-refractivity contribution in [2.75, 3.05) is 19.7 Å². The molecule has 1 aliphatic rings. The summed E-state index contributed by atoms with van der Waals surface area (Å²) in [5.74, 6) is -4.05. The first kappa shape index (κ1) is 9.73. The van der Waals surface area contributed by atoms with Crippen molar-refractivity contribution in [3.05, 3.63) is 0 Å². The summed E-state index contributed by atoms with van der Waals surface area (Å²) in [7, 11) is 0. The van der Waals surface area contributed by atoms with E-state index < -0.39 is 18.5 Å². The maximum absolute atomic E-state index is 12.5. The van der Waals surface area contributed by atoms with Crippen LogP contribution in [-0.4, -0.2) is 38.1 Å². The molecule has 0 aliphatic carbocycles. The molecule has 1 rings (SSSR count). The summed E-state index contributed by atoms with van der Waals surface area (Å²) in [5.41, 5.74) is 0. The third kappa shape index (κ3) is 1.87. The normalized spacial score (nSPS) is 26.2. The monoisotopic (exact) mass is 187 g/mol. The van der Waals surface area contributed by atoms with E-state index in [0.717, 1.165) is 0 Å². The zero-order chi connectivity index (χ0) is 9.19. The standard InChI is InChI=1S/C6H9F4NO/c7-5(8)6(9,10)4-3-11-1-2-12-4/h4-5,11H,1-3H2. The largest absolute Gasteiger partial charge is 0.369 e. The van der Waals surface area contributed by atoms with Crippen LogP contribution in [0.15, 0.2) is 0 Å². The molecule has 0 bridgehead atoms. The van der Waals surface area contributed by atoms with E-state index in [1.807, 2.05) is 0 Å². The van der Waals surface area contributed by atoms with Crippen molar-refractivity contribution in [3.8, 4) is 0 Å². The third-order valence-electron chi connectivity index (χ3n) is 1.65. The number of morpholine rings is 1. The number of nitrogens with one attached hydrogen (secondary N) is 1. The molecule has 0 saturated carbocycles. The highest BCUT2D eigenvalue weighted by Gasteiger charge is 2.49. The van der Waals surface area contributed by atoms with Crippen LogP contribution in [0.4, 0.5) is 17.6 Å². The van der Waals surface area contributed by atoms with Crippen LogP contribution in [0.3, 0.4) is 0 Å². The molecule has 1 aliphatic heterocycles. The molecule has 0 aromatic rings. The van der Waals surface area contributed by atoms with E-state index in [1.54, 1.807) is 0 Å². The molecule has 0 amide bonds. The molecule has 6 heteroatoms. The Kier molecular flexibility index (Phi) is 2.89. The minimum Gasteiger partial charge on any atom is -0.369 e. The van der Waals surface area contributed by atoms with Gasteiger partial charge in [-0.1, -0.05) is 0 Å². The molecule has 0 radical (unpaired) electrons. The number of halogens is 4. The average molecular weight is 187 g/mol. The SMILES string of the molecule is FC(F)C(F)(F)C1CNCCO1. The van der Waals surface area contributed by atoms with Crippen molar-refractivity contribution in [3.63, 3.8) is 0 Å². The Labute approximate surface area is 66.9 Å². The van der Waals surface area contributed by atoms with E-state index in [0.29, 0.717) is 6.54 Å². The molecule has 72 valence electrons. The van der Waals surface area contributed by atoms with Gasteiger partial charge in [0, 0.05) is 13.1 Å². The molecular formula is C6H9F4NO. The summed E-state index contributed by atoms with van der Waals surface area (Å²) in [6, 6.07) is 0. The van der Waals surface area contributed by atoms with E-state index in [-0.39, 0.29) is 13.2 Å². The van der Waals surface area contributed by atoms with E-state index in [1.165, 1.54) is 0 Å². The van der Waals surface area contributed by atoms with Crippen LogP contribution in [0.1, 0.15) is 0 Å². The molecular weight excluding hydrogens is 178 g/mol. The molecule has 1 atom stereocenters. The maximum Gasteiger partial charge on any atom is 0.334 e. The van der Waals surface area contributed by atoms with Crippen molar-refractivity contribution in [1.82, 2.24) is 5.32 Å². The van der Waals surface area contributed by atoms with Crippen molar-refractivity contribution < 1.29 is 22.3 Å². The third-order valence-corrected chi connectivity index (χ3v) is 1.65. The lowest BCUT2D eigenvalue weighted by atomic mass is 10.2. The lowest BCUT2D eigenvalue weighted by Gasteiger charge is -2.29. The molecule has 0 aromatic carbocycles. The fourth-order valence-corrected chi connectivity index (χ4v) is 0.953. The summed E-state index contributed by atoms with van der Waals surface area (Å²) in [4.78, 5) is 0. The number of hydrogen-bond donors (Lipinski definition) is 1. The number of rotatable bonds is 2. The van der Waals surface area contributed by atoms with Crippen LogP contribution >= 0.6 is 0 Å². The van der Waals surface area contributed by atoms with E-state index in [4.69, 9.17) is 0 Å². The van der Waals surface area contributed by atoms with Crippen LogP contribution in [0, 0.1) is 0 Å². The smallest absolute Gasteiger partial charge is 0.334 e. The van der Waals surface area contributed by atoms with Gasteiger partial charge in [-0.15, -0.1) is 0 Å². The van der Waals surface area contributed by atoms with Gasteiger partial charge in [0.1, 0.15) is 6.10 Å². The van der Waals surface area contributed by atoms with Gasteiger partial charge in [0.2, 0.25) is 0 Å². The Morgan fingerprint density at radius 1 is 1.42 bits per heavy atom. The topological polar surface area (TPSA) is 21.3 Å². The molecule has 1 fully saturated rings. The summed E-state index contributed by atoms with van der Waals surface area (Å²) < 4.78 is 53.0. The summed E-state index contributed by atoms with van der Waals surface area (Å²) in [6.07, 6.45) is -5.37. The van der Waals surface area contributed by atoms with Crippen LogP contribution in [-0.2, 0) is 4.74 Å². The van der Waals surface area contributed by atoms with Gasteiger partial charge in [0.25, 0.3) is 0 Å². The Balaban J connectivity index is 2.53. The second-order valence-corrected chi connectivity index (χ2v) is 2.54. The molecule has 2 nitrogen and oxygen atoms in total. The molecule has 1 saturated heterocycles. The molecule has 1 N–H and O–H groups in total. The van der Waals surface area contributed by atoms with Gasteiger partial charge in [0.15, 0.2) is 0 Å². The summed E-state index contributed by atoms with van der Waals surface area (Å²) in [6.45, 7) is 0.250. The van der Waals surface area contributed by atoms with Gasteiger partial charge >= 0.3 is 12.3 Å². The number of alkyl halides is 4.